The average Bonchev–Trinajstić information content (AvgIpc) is 2.61. The molecule has 3 aromatic rings. The van der Waals surface area contributed by atoms with E-state index in [0.29, 0.717) is 22.9 Å². The first kappa shape index (κ1) is 17.6. The molecule has 0 radical (unpaired) electrons. The van der Waals surface area contributed by atoms with Crippen LogP contribution in [0.15, 0.2) is 39.9 Å². The van der Waals surface area contributed by atoms with Crippen LogP contribution in [0.2, 0.25) is 0 Å². The normalized spacial score (nSPS) is 10.9. The Bertz CT molecular complexity index is 1110. The molecule has 7 heteroatoms. The van der Waals surface area contributed by atoms with Gasteiger partial charge < -0.3 is 10.3 Å². The molecule has 0 spiro atoms. The molecule has 0 atom stereocenters. The van der Waals surface area contributed by atoms with Gasteiger partial charge in [-0.1, -0.05) is 18.2 Å². The lowest BCUT2D eigenvalue weighted by molar-refractivity contribution is 0.0945. The van der Waals surface area contributed by atoms with Crippen LogP contribution in [0.1, 0.15) is 34.2 Å². The molecule has 0 aliphatic heterocycles. The van der Waals surface area contributed by atoms with Crippen molar-refractivity contribution < 1.29 is 4.79 Å². The van der Waals surface area contributed by atoms with Gasteiger partial charge in [0, 0.05) is 29.7 Å². The first-order chi connectivity index (χ1) is 12.4. The van der Waals surface area contributed by atoms with Crippen molar-refractivity contribution in [2.45, 2.75) is 33.9 Å². The number of carbonyl (C=O) groups excluding carboxylic acids is 1. The Hall–Kier alpha value is -3.22. The monoisotopic (exact) mass is 352 g/mol. The SMILES string of the molecule is CCn1nc(C(=O)NCc2c(C)cc(C)[nH]c2=O)c2ccccc2c1=O. The number of fused-ring (bicyclic) bond motifs is 1. The lowest BCUT2D eigenvalue weighted by atomic mass is 10.1. The Balaban J connectivity index is 1.98. The van der Waals surface area contributed by atoms with Gasteiger partial charge in [-0.25, -0.2) is 4.68 Å². The minimum atomic E-state index is -0.428. The summed E-state index contributed by atoms with van der Waals surface area (Å²) in [7, 11) is 0. The fourth-order valence-corrected chi connectivity index (χ4v) is 2.97. The summed E-state index contributed by atoms with van der Waals surface area (Å²) in [6.45, 7) is 5.87. The largest absolute Gasteiger partial charge is 0.346 e. The first-order valence-electron chi connectivity index (χ1n) is 8.39. The third-order valence-electron chi connectivity index (χ3n) is 4.30. The van der Waals surface area contributed by atoms with Crippen molar-refractivity contribution in [1.82, 2.24) is 20.1 Å². The van der Waals surface area contributed by atoms with E-state index < -0.39 is 5.91 Å². The summed E-state index contributed by atoms with van der Waals surface area (Å²) in [5, 5.41) is 7.88. The summed E-state index contributed by atoms with van der Waals surface area (Å²) in [4.78, 5) is 39.9. The summed E-state index contributed by atoms with van der Waals surface area (Å²) >= 11 is 0. The van der Waals surface area contributed by atoms with Crippen LogP contribution in [0, 0.1) is 13.8 Å². The molecule has 0 saturated heterocycles. The minimum Gasteiger partial charge on any atom is -0.346 e. The predicted molar refractivity (Wildman–Crippen MR) is 99.4 cm³/mol. The van der Waals surface area contributed by atoms with Gasteiger partial charge in [0.05, 0.1) is 5.39 Å². The number of aryl methyl sites for hydroxylation is 3. The molecule has 0 bridgehead atoms. The number of H-pyrrole nitrogens is 1. The highest BCUT2D eigenvalue weighted by molar-refractivity contribution is 6.04. The third-order valence-corrected chi connectivity index (χ3v) is 4.30. The molecule has 0 aliphatic rings. The molecule has 26 heavy (non-hydrogen) atoms. The fourth-order valence-electron chi connectivity index (χ4n) is 2.97. The Morgan fingerprint density at radius 2 is 1.88 bits per heavy atom. The van der Waals surface area contributed by atoms with E-state index >= 15 is 0 Å². The average molecular weight is 352 g/mol. The second-order valence-corrected chi connectivity index (χ2v) is 6.14. The number of aromatic amines is 1. The smallest absolute Gasteiger partial charge is 0.274 e. The topological polar surface area (TPSA) is 96.8 Å². The molecule has 2 heterocycles. The molecule has 3 rings (SSSR count). The number of nitrogens with zero attached hydrogens (tertiary/aromatic N) is 2. The second-order valence-electron chi connectivity index (χ2n) is 6.14. The van der Waals surface area contributed by atoms with E-state index in [-0.39, 0.29) is 23.4 Å². The van der Waals surface area contributed by atoms with E-state index in [9.17, 15) is 14.4 Å². The van der Waals surface area contributed by atoms with Gasteiger partial charge in [0.15, 0.2) is 5.69 Å². The standard InChI is InChI=1S/C19H20N4O3/c1-4-23-19(26)14-8-6-5-7-13(14)16(22-23)18(25)20-10-15-11(2)9-12(3)21-17(15)24/h5-9H,4,10H2,1-3H3,(H,20,25)(H,21,24). The lowest BCUT2D eigenvalue weighted by Gasteiger charge is -2.11. The Kier molecular flexibility index (Phi) is 4.71. The van der Waals surface area contributed by atoms with Crippen LogP contribution < -0.4 is 16.4 Å². The molecule has 134 valence electrons. The highest BCUT2D eigenvalue weighted by atomic mass is 16.2. The van der Waals surface area contributed by atoms with Crippen LogP contribution >= 0.6 is 0 Å². The van der Waals surface area contributed by atoms with Gasteiger partial charge in [-0.05, 0) is 38.5 Å². The summed E-state index contributed by atoms with van der Waals surface area (Å²) in [5.74, 6) is -0.428. The highest BCUT2D eigenvalue weighted by Crippen LogP contribution is 2.13. The number of pyridine rings is 1. The minimum absolute atomic E-state index is 0.0849. The molecule has 2 aromatic heterocycles. The number of hydrogen-bond acceptors (Lipinski definition) is 4. The van der Waals surface area contributed by atoms with Gasteiger partial charge in [-0.15, -0.1) is 0 Å². The van der Waals surface area contributed by atoms with Crippen LogP contribution in [0.5, 0.6) is 0 Å². The van der Waals surface area contributed by atoms with E-state index in [1.807, 2.05) is 13.0 Å². The molecule has 0 fully saturated rings. The van der Waals surface area contributed by atoms with Gasteiger partial charge >= 0.3 is 0 Å². The summed E-state index contributed by atoms with van der Waals surface area (Å²) < 4.78 is 1.27. The molecule has 2 N–H and O–H groups in total. The Morgan fingerprint density at radius 1 is 1.19 bits per heavy atom. The Morgan fingerprint density at radius 3 is 2.54 bits per heavy atom. The van der Waals surface area contributed by atoms with Gasteiger partial charge in [0.25, 0.3) is 17.0 Å². The van der Waals surface area contributed by atoms with Crippen molar-refractivity contribution in [1.29, 1.82) is 0 Å². The fraction of sp³-hybridized carbons (Fsp3) is 0.263. The van der Waals surface area contributed by atoms with Crippen LogP contribution in [-0.2, 0) is 13.1 Å². The number of aromatic nitrogens is 3. The number of carbonyl (C=O) groups is 1. The van der Waals surface area contributed by atoms with E-state index in [0.717, 1.165) is 11.3 Å². The summed E-state index contributed by atoms with van der Waals surface area (Å²) in [5.41, 5.74) is 1.79. The van der Waals surface area contributed by atoms with Crippen molar-refractivity contribution in [2.24, 2.45) is 0 Å². The number of benzene rings is 1. The van der Waals surface area contributed by atoms with Crippen LogP contribution in [0.3, 0.4) is 0 Å². The van der Waals surface area contributed by atoms with E-state index in [2.05, 4.69) is 15.4 Å². The molecule has 0 unspecified atom stereocenters. The lowest BCUT2D eigenvalue weighted by Crippen LogP contribution is -2.32. The molecule has 0 saturated carbocycles. The van der Waals surface area contributed by atoms with Gasteiger partial charge in [0.1, 0.15) is 0 Å². The quantitative estimate of drug-likeness (QED) is 0.746. The van der Waals surface area contributed by atoms with Crippen LogP contribution in [0.4, 0.5) is 0 Å². The van der Waals surface area contributed by atoms with Gasteiger partial charge in [-0.3, -0.25) is 14.4 Å². The Labute approximate surface area is 149 Å². The zero-order valence-electron chi connectivity index (χ0n) is 14.9. The molecule has 1 amide bonds. The maximum Gasteiger partial charge on any atom is 0.274 e. The maximum absolute atomic E-state index is 12.7. The van der Waals surface area contributed by atoms with Gasteiger partial charge in [0.2, 0.25) is 0 Å². The summed E-state index contributed by atoms with van der Waals surface area (Å²) in [6.07, 6.45) is 0. The van der Waals surface area contributed by atoms with Crippen molar-refractivity contribution in [2.75, 3.05) is 0 Å². The summed E-state index contributed by atoms with van der Waals surface area (Å²) in [6, 6.07) is 8.74. The molecular weight excluding hydrogens is 332 g/mol. The molecule has 7 nitrogen and oxygen atoms in total. The number of amides is 1. The van der Waals surface area contributed by atoms with Crippen molar-refractivity contribution in [3.8, 4) is 0 Å². The van der Waals surface area contributed by atoms with E-state index in [4.69, 9.17) is 0 Å². The predicted octanol–water partition coefficient (Wildman–Crippen LogP) is 1.65. The van der Waals surface area contributed by atoms with Crippen molar-refractivity contribution in [3.63, 3.8) is 0 Å². The molecule has 1 aromatic carbocycles. The second kappa shape index (κ2) is 6.95. The maximum atomic E-state index is 12.7. The van der Waals surface area contributed by atoms with E-state index in [1.165, 1.54) is 4.68 Å². The van der Waals surface area contributed by atoms with Crippen molar-refractivity contribution >= 4 is 16.7 Å². The highest BCUT2D eigenvalue weighted by Gasteiger charge is 2.17. The van der Waals surface area contributed by atoms with Crippen LogP contribution in [-0.4, -0.2) is 20.7 Å². The number of hydrogen-bond donors (Lipinski definition) is 2. The first-order valence-corrected chi connectivity index (χ1v) is 8.39. The third kappa shape index (κ3) is 3.15. The van der Waals surface area contributed by atoms with Gasteiger partial charge in [-0.2, -0.15) is 5.10 Å². The number of nitrogens with one attached hydrogen (secondary N) is 2. The zero-order valence-corrected chi connectivity index (χ0v) is 14.9. The molecule has 0 aliphatic carbocycles. The zero-order chi connectivity index (χ0) is 18.8. The van der Waals surface area contributed by atoms with Crippen LogP contribution in [0.25, 0.3) is 10.8 Å². The van der Waals surface area contributed by atoms with E-state index in [1.54, 1.807) is 38.1 Å². The van der Waals surface area contributed by atoms with Crippen molar-refractivity contribution in [3.05, 3.63) is 73.6 Å². The number of rotatable bonds is 4. The molecular formula is C19H20N4O3.